The van der Waals surface area contributed by atoms with Crippen LogP contribution in [0.25, 0.3) is 22.3 Å². The minimum Gasteiger partial charge on any atom is -0.478 e. The second-order valence-corrected chi connectivity index (χ2v) is 6.07. The Morgan fingerprint density at radius 1 is 1.07 bits per heavy atom. The smallest absolute Gasteiger partial charge is 0.335 e. The van der Waals surface area contributed by atoms with E-state index in [2.05, 4.69) is 15.1 Å². The maximum atomic E-state index is 13.8. The third kappa shape index (κ3) is 3.39. The van der Waals surface area contributed by atoms with Crippen LogP contribution >= 0.6 is 0 Å². The van der Waals surface area contributed by atoms with Crippen molar-refractivity contribution in [3.8, 4) is 11.4 Å². The molecule has 0 aliphatic heterocycles. The van der Waals surface area contributed by atoms with Gasteiger partial charge in [-0.3, -0.25) is 14.6 Å². The molecule has 27 heavy (non-hydrogen) atoms. The van der Waals surface area contributed by atoms with E-state index in [1.165, 1.54) is 24.4 Å². The Bertz CT molecular complexity index is 1140. The number of nitrogens with zero attached hydrogens (tertiary/aromatic N) is 4. The Labute approximate surface area is 153 Å². The molecule has 0 spiro atoms. The number of carboxylic acid groups (broad SMARTS) is 1. The van der Waals surface area contributed by atoms with Gasteiger partial charge in [0.15, 0.2) is 0 Å². The van der Waals surface area contributed by atoms with Gasteiger partial charge in [0.2, 0.25) is 0 Å². The zero-order valence-electron chi connectivity index (χ0n) is 14.2. The highest BCUT2D eigenvalue weighted by Crippen LogP contribution is 2.21. The molecule has 0 aliphatic carbocycles. The van der Waals surface area contributed by atoms with Gasteiger partial charge in [-0.15, -0.1) is 0 Å². The Hall–Kier alpha value is -3.61. The van der Waals surface area contributed by atoms with Crippen LogP contribution in [0.3, 0.4) is 0 Å². The van der Waals surface area contributed by atoms with Gasteiger partial charge in [0.25, 0.3) is 0 Å². The lowest BCUT2D eigenvalue weighted by atomic mass is 10.1. The highest BCUT2D eigenvalue weighted by atomic mass is 19.1. The van der Waals surface area contributed by atoms with E-state index < -0.39 is 5.97 Å². The molecular formula is C20H15FN4O2. The number of benzene rings is 1. The van der Waals surface area contributed by atoms with Crippen molar-refractivity contribution in [1.29, 1.82) is 0 Å². The van der Waals surface area contributed by atoms with E-state index in [9.17, 15) is 9.18 Å². The first kappa shape index (κ1) is 16.8. The fraction of sp³-hybridized carbons (Fsp3) is 0.100. The third-order valence-corrected chi connectivity index (χ3v) is 4.35. The molecule has 0 unspecified atom stereocenters. The van der Waals surface area contributed by atoms with E-state index in [0.717, 1.165) is 10.9 Å². The van der Waals surface area contributed by atoms with Crippen molar-refractivity contribution < 1.29 is 14.3 Å². The summed E-state index contributed by atoms with van der Waals surface area (Å²) in [5.74, 6) is -1.24. The maximum Gasteiger partial charge on any atom is 0.335 e. The van der Waals surface area contributed by atoms with Crippen molar-refractivity contribution in [2.24, 2.45) is 0 Å². The van der Waals surface area contributed by atoms with Crippen LogP contribution < -0.4 is 0 Å². The van der Waals surface area contributed by atoms with Crippen molar-refractivity contribution >= 4 is 16.9 Å². The number of carboxylic acids is 1. The average molecular weight is 362 g/mol. The highest BCUT2D eigenvalue weighted by molar-refractivity contribution is 5.89. The molecule has 0 fully saturated rings. The van der Waals surface area contributed by atoms with Gasteiger partial charge in [-0.25, -0.2) is 9.18 Å². The van der Waals surface area contributed by atoms with E-state index in [1.807, 2.05) is 12.1 Å². The summed E-state index contributed by atoms with van der Waals surface area (Å²) in [7, 11) is 0. The molecule has 6 nitrogen and oxygen atoms in total. The SMILES string of the molecule is O=C(O)c1ccnc(-c2cc3cnn(CCc4ccccc4F)c3cn2)c1. The summed E-state index contributed by atoms with van der Waals surface area (Å²) < 4.78 is 15.5. The van der Waals surface area contributed by atoms with Crippen LogP contribution in [0.4, 0.5) is 4.39 Å². The van der Waals surface area contributed by atoms with Crippen LogP contribution in [0.1, 0.15) is 15.9 Å². The van der Waals surface area contributed by atoms with Gasteiger partial charge in [-0.05, 0) is 36.2 Å². The summed E-state index contributed by atoms with van der Waals surface area (Å²) in [6.07, 6.45) is 5.35. The van der Waals surface area contributed by atoms with E-state index in [4.69, 9.17) is 5.11 Å². The topological polar surface area (TPSA) is 80.9 Å². The third-order valence-electron chi connectivity index (χ3n) is 4.35. The van der Waals surface area contributed by atoms with Gasteiger partial charge in [0.05, 0.1) is 34.9 Å². The second-order valence-electron chi connectivity index (χ2n) is 6.07. The molecule has 0 amide bonds. The van der Waals surface area contributed by atoms with Crippen molar-refractivity contribution in [3.05, 3.63) is 78.0 Å². The van der Waals surface area contributed by atoms with Crippen LogP contribution in [-0.2, 0) is 13.0 Å². The van der Waals surface area contributed by atoms with Gasteiger partial charge in [0, 0.05) is 18.1 Å². The molecule has 1 aromatic carbocycles. The molecular weight excluding hydrogens is 347 g/mol. The van der Waals surface area contributed by atoms with Gasteiger partial charge in [-0.1, -0.05) is 18.2 Å². The quantitative estimate of drug-likeness (QED) is 0.587. The Morgan fingerprint density at radius 3 is 2.70 bits per heavy atom. The number of fused-ring (bicyclic) bond motifs is 1. The summed E-state index contributed by atoms with van der Waals surface area (Å²) in [4.78, 5) is 19.7. The lowest BCUT2D eigenvalue weighted by Crippen LogP contribution is -2.04. The second kappa shape index (κ2) is 6.95. The number of hydrogen-bond acceptors (Lipinski definition) is 4. The van der Waals surface area contributed by atoms with Crippen molar-refractivity contribution in [1.82, 2.24) is 19.7 Å². The van der Waals surface area contributed by atoms with Crippen molar-refractivity contribution in [2.75, 3.05) is 0 Å². The largest absolute Gasteiger partial charge is 0.478 e. The predicted octanol–water partition coefficient (Wildman–Crippen LogP) is 3.57. The molecule has 0 aliphatic rings. The number of aromatic carboxylic acids is 1. The number of carbonyl (C=O) groups is 1. The molecule has 0 atom stereocenters. The molecule has 1 N–H and O–H groups in total. The number of halogens is 1. The molecule has 0 saturated carbocycles. The Kier molecular flexibility index (Phi) is 4.33. The summed E-state index contributed by atoms with van der Waals surface area (Å²) in [6.45, 7) is 0.526. The van der Waals surface area contributed by atoms with Crippen LogP contribution in [0.15, 0.2) is 61.1 Å². The first-order chi connectivity index (χ1) is 13.1. The number of aromatic nitrogens is 4. The van der Waals surface area contributed by atoms with E-state index in [0.29, 0.717) is 29.9 Å². The predicted molar refractivity (Wildman–Crippen MR) is 97.8 cm³/mol. The fourth-order valence-corrected chi connectivity index (χ4v) is 2.93. The number of rotatable bonds is 5. The minimum atomic E-state index is -1.01. The summed E-state index contributed by atoms with van der Waals surface area (Å²) >= 11 is 0. The fourth-order valence-electron chi connectivity index (χ4n) is 2.93. The Morgan fingerprint density at radius 2 is 1.89 bits per heavy atom. The molecule has 0 radical (unpaired) electrons. The molecule has 3 heterocycles. The van der Waals surface area contributed by atoms with E-state index in [1.54, 1.807) is 29.2 Å². The zero-order valence-corrected chi connectivity index (χ0v) is 14.2. The van der Waals surface area contributed by atoms with Gasteiger partial charge < -0.3 is 5.11 Å². The molecule has 7 heteroatoms. The summed E-state index contributed by atoms with van der Waals surface area (Å²) in [5, 5.41) is 14.3. The first-order valence-electron chi connectivity index (χ1n) is 8.36. The van der Waals surface area contributed by atoms with Crippen LogP contribution in [0.2, 0.25) is 0 Å². The lowest BCUT2D eigenvalue weighted by Gasteiger charge is -2.06. The van der Waals surface area contributed by atoms with Crippen LogP contribution in [-0.4, -0.2) is 30.8 Å². The van der Waals surface area contributed by atoms with Crippen molar-refractivity contribution in [3.63, 3.8) is 0 Å². The van der Waals surface area contributed by atoms with E-state index >= 15 is 0 Å². The van der Waals surface area contributed by atoms with Crippen LogP contribution in [0.5, 0.6) is 0 Å². The highest BCUT2D eigenvalue weighted by Gasteiger charge is 2.10. The van der Waals surface area contributed by atoms with Crippen LogP contribution in [0, 0.1) is 5.82 Å². The minimum absolute atomic E-state index is 0.155. The normalized spacial score (nSPS) is 11.0. The molecule has 3 aromatic heterocycles. The standard InChI is InChI=1S/C20H15FN4O2/c21-16-4-2-1-3-13(16)6-8-25-19-12-23-18(10-15(19)11-24-25)17-9-14(20(26)27)5-7-22-17/h1-5,7,9-12H,6,8H2,(H,26,27). The van der Waals surface area contributed by atoms with Crippen molar-refractivity contribution in [2.45, 2.75) is 13.0 Å². The molecule has 4 rings (SSSR count). The lowest BCUT2D eigenvalue weighted by molar-refractivity contribution is 0.0697. The summed E-state index contributed by atoms with van der Waals surface area (Å²) in [6, 6.07) is 11.4. The first-order valence-corrected chi connectivity index (χ1v) is 8.36. The average Bonchev–Trinajstić information content (AvgIpc) is 3.10. The molecule has 0 bridgehead atoms. The van der Waals surface area contributed by atoms with E-state index in [-0.39, 0.29) is 11.4 Å². The van der Waals surface area contributed by atoms with Gasteiger partial charge in [-0.2, -0.15) is 5.10 Å². The molecule has 4 aromatic rings. The van der Waals surface area contributed by atoms with Gasteiger partial charge in [0.1, 0.15) is 5.82 Å². The van der Waals surface area contributed by atoms with Gasteiger partial charge >= 0.3 is 5.97 Å². The summed E-state index contributed by atoms with van der Waals surface area (Å²) in [5.41, 5.74) is 2.67. The maximum absolute atomic E-state index is 13.8. The molecule has 0 saturated heterocycles. The number of hydrogen-bond donors (Lipinski definition) is 1. The Balaban J connectivity index is 1.61. The number of pyridine rings is 2. The molecule has 134 valence electrons. The monoisotopic (exact) mass is 362 g/mol. The zero-order chi connectivity index (χ0) is 18.8. The number of aryl methyl sites for hydroxylation is 2.